The molecule has 340 valence electrons. The number of hydrogen-bond donors (Lipinski definition) is 4. The normalized spacial score (nSPS) is 24.7. The van der Waals surface area contributed by atoms with Crippen LogP contribution in [0, 0.1) is 23.7 Å². The molecule has 6 atom stereocenters. The maximum atomic E-state index is 13.8. The number of carbonyl (C=O) groups is 4. The number of carbonyl (C=O) groups excluding carboxylic acids is 4. The number of aryl methyl sites for hydroxylation is 1. The molecule has 2 unspecified atom stereocenters. The topological polar surface area (TPSA) is 175 Å². The Morgan fingerprint density at radius 2 is 1.36 bits per heavy atom. The number of nitrogens with zero attached hydrogens (tertiary/aromatic N) is 4. The summed E-state index contributed by atoms with van der Waals surface area (Å²) in [5, 5.41) is 5.47. The van der Waals surface area contributed by atoms with E-state index in [9.17, 15) is 19.2 Å². The van der Waals surface area contributed by atoms with Crippen molar-refractivity contribution >= 4 is 35.6 Å². The molecular formula is C50H64N8O6. The van der Waals surface area contributed by atoms with Gasteiger partial charge in [0.15, 0.2) is 0 Å². The zero-order chi connectivity index (χ0) is 45.2. The van der Waals surface area contributed by atoms with Gasteiger partial charge in [-0.2, -0.15) is 0 Å². The second kappa shape index (κ2) is 19.0. The molecule has 2 aromatic heterocycles. The Kier molecular flexibility index (Phi) is 13.3. The highest BCUT2D eigenvalue weighted by Gasteiger charge is 2.39. The van der Waals surface area contributed by atoms with Crippen LogP contribution in [0.2, 0.25) is 0 Å². The number of ether oxygens (including phenoxy) is 2. The number of fused-ring (bicyclic) bond motifs is 3. The Balaban J connectivity index is 1.01. The first kappa shape index (κ1) is 44.7. The number of methoxy groups -OCH3 is 2. The fraction of sp³-hybridized carbons (Fsp3) is 0.520. The summed E-state index contributed by atoms with van der Waals surface area (Å²) in [6, 6.07) is 4.83. The Morgan fingerprint density at radius 1 is 0.766 bits per heavy atom. The van der Waals surface area contributed by atoms with Gasteiger partial charge in [-0.25, -0.2) is 19.6 Å². The van der Waals surface area contributed by atoms with E-state index in [0.717, 1.165) is 92.8 Å². The minimum atomic E-state index is -0.685. The molecular weight excluding hydrogens is 809 g/mol. The molecule has 0 radical (unpaired) electrons. The van der Waals surface area contributed by atoms with Crippen molar-refractivity contribution in [1.29, 1.82) is 0 Å². The minimum Gasteiger partial charge on any atom is -0.453 e. The summed E-state index contributed by atoms with van der Waals surface area (Å²) in [6.45, 7) is 13.6. The average molecular weight is 873 g/mol. The van der Waals surface area contributed by atoms with Gasteiger partial charge in [0, 0.05) is 13.1 Å². The van der Waals surface area contributed by atoms with Crippen molar-refractivity contribution in [2.24, 2.45) is 23.7 Å². The molecule has 14 nitrogen and oxygen atoms in total. The Morgan fingerprint density at radius 3 is 1.95 bits per heavy atom. The largest absolute Gasteiger partial charge is 0.453 e. The highest BCUT2D eigenvalue weighted by molar-refractivity contribution is 5.87. The quantitative estimate of drug-likeness (QED) is 0.148. The number of aromatic nitrogens is 4. The van der Waals surface area contributed by atoms with Crippen molar-refractivity contribution < 1.29 is 28.7 Å². The van der Waals surface area contributed by atoms with E-state index in [1.807, 2.05) is 49.9 Å². The van der Waals surface area contributed by atoms with Gasteiger partial charge in [-0.05, 0) is 133 Å². The molecule has 64 heavy (non-hydrogen) atoms. The molecule has 14 heteroatoms. The molecule has 5 aliphatic rings. The zero-order valence-corrected chi connectivity index (χ0v) is 38.2. The van der Waals surface area contributed by atoms with Crippen LogP contribution in [0.1, 0.15) is 126 Å². The molecule has 1 aromatic carbocycles. The number of rotatable bonds is 11. The van der Waals surface area contributed by atoms with E-state index < -0.39 is 24.3 Å². The lowest BCUT2D eigenvalue weighted by Gasteiger charge is -2.30. The summed E-state index contributed by atoms with van der Waals surface area (Å²) in [7, 11) is 2.61. The van der Waals surface area contributed by atoms with Crippen LogP contribution in [0.15, 0.2) is 66.0 Å². The van der Waals surface area contributed by atoms with Crippen molar-refractivity contribution in [1.82, 2.24) is 40.4 Å². The van der Waals surface area contributed by atoms with Gasteiger partial charge in [-0.1, -0.05) is 64.6 Å². The van der Waals surface area contributed by atoms with Crippen LogP contribution < -0.4 is 10.6 Å². The number of alkyl carbamates (subject to hydrolysis) is 2. The van der Waals surface area contributed by atoms with Gasteiger partial charge in [0.25, 0.3) is 0 Å². The predicted octanol–water partition coefficient (Wildman–Crippen LogP) is 8.60. The molecule has 3 fully saturated rings. The SMILES string of the molecule is C=C1/C(C2=Cc3ccc(-c4cnc([C@@H]5CCCN5C(=O)[C@@H](NC(=O)OC)C(C)C)[nH]4)cc3CC2)=C\C=C(\c2cnc([C@@H]3CCCN3C(=O)[C@@H](NC(=O)OC)C(C)C)[nH]2)CC2CCC1C2. The first-order valence-electron chi connectivity index (χ1n) is 23.2. The van der Waals surface area contributed by atoms with Gasteiger partial charge in [0.2, 0.25) is 11.8 Å². The standard InChI is InChI=1S/C50H64N8O6/c1-28(2)43(55-49(61)63-6)47(59)57-20-8-10-41(57)45-51-26-39(53-45)36-18-19-38(30(5)32-13-12-31(22-32)23-36)35-16-14-34-25-37(17-15-33(34)24-35)40-27-52-46(54-40)42-11-9-21-58(42)48(60)44(29(3)4)56-50(62)64-7/h15,17-19,24-29,31-32,41-44H,5,8-14,16,20-23H2,1-4,6-7H3,(H,51,53)(H,52,54)(H,55,61)(H,56,62)/b36-18+,38-19+/t31?,32?,41-,42-,43-,44-/m0/s1. The van der Waals surface area contributed by atoms with Gasteiger partial charge in [0.1, 0.15) is 23.7 Å². The maximum absolute atomic E-state index is 13.8. The van der Waals surface area contributed by atoms with Crippen molar-refractivity contribution in [3.8, 4) is 11.3 Å². The third-order valence-electron chi connectivity index (χ3n) is 14.2. The number of amides is 4. The van der Waals surface area contributed by atoms with Crippen LogP contribution in [0.5, 0.6) is 0 Å². The van der Waals surface area contributed by atoms with Gasteiger partial charge in [-0.3, -0.25) is 9.59 Å². The van der Waals surface area contributed by atoms with Gasteiger partial charge in [0.05, 0.1) is 50.1 Å². The van der Waals surface area contributed by atoms with Crippen LogP contribution in [0.3, 0.4) is 0 Å². The van der Waals surface area contributed by atoms with E-state index in [1.165, 1.54) is 47.6 Å². The number of H-pyrrole nitrogens is 2. The van der Waals surface area contributed by atoms with Gasteiger partial charge in [-0.15, -0.1) is 0 Å². The minimum absolute atomic E-state index is 0.103. The summed E-state index contributed by atoms with van der Waals surface area (Å²) in [5.74, 6) is 2.07. The summed E-state index contributed by atoms with van der Waals surface area (Å²) in [6.07, 6.45) is 18.9. The lowest BCUT2D eigenvalue weighted by Crippen LogP contribution is -2.51. The van der Waals surface area contributed by atoms with Crippen LogP contribution in [0.4, 0.5) is 9.59 Å². The fourth-order valence-corrected chi connectivity index (χ4v) is 10.6. The van der Waals surface area contributed by atoms with Gasteiger partial charge >= 0.3 is 12.2 Å². The molecule has 4 amide bonds. The van der Waals surface area contributed by atoms with E-state index in [2.05, 4.69) is 57.0 Å². The summed E-state index contributed by atoms with van der Waals surface area (Å²) in [4.78, 5) is 72.2. The molecule has 1 saturated carbocycles. The predicted molar refractivity (Wildman–Crippen MR) is 245 cm³/mol. The van der Waals surface area contributed by atoms with E-state index >= 15 is 0 Å². The van der Waals surface area contributed by atoms with Crippen LogP contribution in [-0.4, -0.2) is 93.1 Å². The second-order valence-corrected chi connectivity index (χ2v) is 18.9. The smallest absolute Gasteiger partial charge is 0.407 e. The maximum Gasteiger partial charge on any atom is 0.407 e. The van der Waals surface area contributed by atoms with Crippen LogP contribution in [-0.2, 0) is 25.5 Å². The average Bonchev–Trinajstić information content (AvgIpc) is 4.15. The Labute approximate surface area is 376 Å². The molecule has 3 aromatic rings. The lowest BCUT2D eigenvalue weighted by atomic mass is 9.81. The van der Waals surface area contributed by atoms with Crippen molar-refractivity contribution in [3.63, 3.8) is 0 Å². The molecule has 3 aliphatic carbocycles. The number of allylic oxidation sites excluding steroid dienone is 6. The first-order valence-corrected chi connectivity index (χ1v) is 23.2. The van der Waals surface area contributed by atoms with E-state index in [-0.39, 0.29) is 35.7 Å². The van der Waals surface area contributed by atoms with E-state index in [4.69, 9.17) is 26.0 Å². The monoisotopic (exact) mass is 872 g/mol. The van der Waals surface area contributed by atoms with Crippen molar-refractivity contribution in [2.45, 2.75) is 116 Å². The third kappa shape index (κ3) is 9.19. The third-order valence-corrected chi connectivity index (χ3v) is 14.2. The number of aromatic amines is 2. The highest BCUT2D eigenvalue weighted by Crippen LogP contribution is 2.46. The summed E-state index contributed by atoms with van der Waals surface area (Å²) in [5.41, 5.74) is 10.4. The zero-order valence-electron chi connectivity index (χ0n) is 38.2. The van der Waals surface area contributed by atoms with Crippen molar-refractivity contribution in [3.05, 3.63) is 94.5 Å². The van der Waals surface area contributed by atoms with Crippen LogP contribution in [0.25, 0.3) is 22.9 Å². The molecule has 0 spiro atoms. The van der Waals surface area contributed by atoms with Crippen molar-refractivity contribution in [2.75, 3.05) is 27.3 Å². The lowest BCUT2D eigenvalue weighted by molar-refractivity contribution is -0.136. The number of benzene rings is 1. The number of hydrogen-bond acceptors (Lipinski definition) is 8. The first-order chi connectivity index (χ1) is 30.8. The number of nitrogens with one attached hydrogen (secondary N) is 4. The molecule has 4 N–H and O–H groups in total. The van der Waals surface area contributed by atoms with E-state index in [0.29, 0.717) is 24.9 Å². The van der Waals surface area contributed by atoms with E-state index in [1.54, 1.807) is 0 Å². The van der Waals surface area contributed by atoms with Crippen LogP contribution >= 0.6 is 0 Å². The number of imidazole rings is 2. The molecule has 2 saturated heterocycles. The number of likely N-dealkylation sites (tertiary alicyclic amines) is 2. The summed E-state index contributed by atoms with van der Waals surface area (Å²) < 4.78 is 9.62. The highest BCUT2D eigenvalue weighted by atomic mass is 16.5. The summed E-state index contributed by atoms with van der Waals surface area (Å²) >= 11 is 0. The Bertz CT molecular complexity index is 2370. The van der Waals surface area contributed by atoms with Gasteiger partial charge < -0.3 is 39.9 Å². The second-order valence-electron chi connectivity index (χ2n) is 18.9. The Hall–Kier alpha value is -5.92. The molecule has 8 rings (SSSR count). The molecule has 2 bridgehead atoms. The fourth-order valence-electron chi connectivity index (χ4n) is 10.6. The molecule has 2 aliphatic heterocycles. The molecule has 4 heterocycles.